The molecule has 162 valence electrons. The first-order valence-corrected chi connectivity index (χ1v) is 10.9. The Balaban J connectivity index is 2.05. The molecule has 0 spiro atoms. The summed E-state index contributed by atoms with van der Waals surface area (Å²) in [5.41, 5.74) is 5.50. The maximum Gasteiger partial charge on any atom is 0.341 e. The van der Waals surface area contributed by atoms with Crippen molar-refractivity contribution in [2.75, 3.05) is 19.0 Å². The summed E-state index contributed by atoms with van der Waals surface area (Å²) >= 11 is 1.37. The molecular formula is C25H27NO4S. The van der Waals surface area contributed by atoms with Crippen LogP contribution in [0.25, 0.3) is 11.1 Å². The molecule has 0 fully saturated rings. The molecule has 1 N–H and O–H groups in total. The molecule has 0 aliphatic heterocycles. The fraction of sp³-hybridized carbons (Fsp3) is 0.280. The highest BCUT2D eigenvalue weighted by Gasteiger charge is 2.26. The Morgan fingerprint density at radius 3 is 2.13 bits per heavy atom. The van der Waals surface area contributed by atoms with E-state index in [2.05, 4.69) is 5.32 Å². The van der Waals surface area contributed by atoms with Gasteiger partial charge in [-0.05, 0) is 63.4 Å². The van der Waals surface area contributed by atoms with Gasteiger partial charge in [0.25, 0.3) is 5.91 Å². The Morgan fingerprint density at radius 1 is 0.968 bits per heavy atom. The number of hydrogen-bond acceptors (Lipinski definition) is 5. The van der Waals surface area contributed by atoms with Crippen LogP contribution in [0.1, 0.15) is 49.2 Å². The number of aryl methyl sites for hydroxylation is 4. The second-order valence-corrected chi connectivity index (χ2v) is 8.64. The number of nitrogens with one attached hydrogen (secondary N) is 1. The van der Waals surface area contributed by atoms with Gasteiger partial charge >= 0.3 is 5.97 Å². The Kier molecular flexibility index (Phi) is 6.81. The second kappa shape index (κ2) is 9.35. The summed E-state index contributed by atoms with van der Waals surface area (Å²) in [6, 6.07) is 11.5. The van der Waals surface area contributed by atoms with Crippen molar-refractivity contribution in [1.29, 1.82) is 0 Å². The minimum atomic E-state index is -0.485. The fourth-order valence-electron chi connectivity index (χ4n) is 3.87. The molecule has 2 aromatic carbocycles. The van der Waals surface area contributed by atoms with Gasteiger partial charge in [0.2, 0.25) is 0 Å². The summed E-state index contributed by atoms with van der Waals surface area (Å²) in [6.07, 6.45) is 0. The Labute approximate surface area is 187 Å². The molecule has 1 amide bonds. The lowest BCUT2D eigenvalue weighted by Gasteiger charge is -2.12. The Bertz CT molecular complexity index is 1110. The molecule has 1 heterocycles. The van der Waals surface area contributed by atoms with Crippen LogP contribution in [0.5, 0.6) is 5.75 Å². The molecule has 1 aromatic heterocycles. The number of amides is 1. The zero-order chi connectivity index (χ0) is 22.7. The van der Waals surface area contributed by atoms with Gasteiger partial charge < -0.3 is 14.8 Å². The highest BCUT2D eigenvalue weighted by atomic mass is 32.1. The number of rotatable bonds is 6. The first kappa shape index (κ1) is 22.6. The number of benzene rings is 2. The van der Waals surface area contributed by atoms with Gasteiger partial charge in [-0.1, -0.05) is 29.8 Å². The summed E-state index contributed by atoms with van der Waals surface area (Å²) in [4.78, 5) is 26.8. The Hall–Kier alpha value is -3.12. The lowest BCUT2D eigenvalue weighted by Crippen LogP contribution is -2.16. The van der Waals surface area contributed by atoms with E-state index in [0.29, 0.717) is 22.7 Å². The predicted octanol–water partition coefficient (Wildman–Crippen LogP) is 6.09. The van der Waals surface area contributed by atoms with Gasteiger partial charge in [0.1, 0.15) is 16.3 Å². The molecule has 0 saturated carbocycles. The minimum absolute atomic E-state index is 0.236. The van der Waals surface area contributed by atoms with Crippen molar-refractivity contribution in [1.82, 2.24) is 0 Å². The average Bonchev–Trinajstić information content (AvgIpc) is 3.03. The first-order valence-electron chi connectivity index (χ1n) is 10.1. The number of ether oxygens (including phenoxy) is 2. The highest BCUT2D eigenvalue weighted by molar-refractivity contribution is 7.17. The summed E-state index contributed by atoms with van der Waals surface area (Å²) in [5, 5.41) is 3.44. The summed E-state index contributed by atoms with van der Waals surface area (Å²) in [5.74, 6) is 0.0399. The van der Waals surface area contributed by atoms with Crippen molar-refractivity contribution < 1.29 is 19.1 Å². The molecule has 6 heteroatoms. The smallest absolute Gasteiger partial charge is 0.341 e. The van der Waals surface area contributed by atoms with Gasteiger partial charge in [0, 0.05) is 16.0 Å². The molecule has 0 aliphatic rings. The fourth-order valence-corrected chi connectivity index (χ4v) is 4.92. The topological polar surface area (TPSA) is 64.6 Å². The third kappa shape index (κ3) is 4.64. The van der Waals surface area contributed by atoms with Crippen LogP contribution in [0.2, 0.25) is 0 Å². The maximum atomic E-state index is 13.1. The molecule has 0 bridgehead atoms. The van der Waals surface area contributed by atoms with E-state index in [-0.39, 0.29) is 5.91 Å². The minimum Gasteiger partial charge on any atom is -0.494 e. The molecular weight excluding hydrogens is 410 g/mol. The first-order chi connectivity index (χ1) is 14.8. The van der Waals surface area contributed by atoms with Crippen LogP contribution in [0, 0.1) is 27.7 Å². The van der Waals surface area contributed by atoms with E-state index in [1.807, 2.05) is 71.0 Å². The predicted molar refractivity (Wildman–Crippen MR) is 126 cm³/mol. The van der Waals surface area contributed by atoms with Crippen molar-refractivity contribution in [3.8, 4) is 16.9 Å². The Morgan fingerprint density at radius 2 is 1.58 bits per heavy atom. The van der Waals surface area contributed by atoms with Crippen molar-refractivity contribution in [3.63, 3.8) is 0 Å². The molecule has 0 radical (unpaired) electrons. The second-order valence-electron chi connectivity index (χ2n) is 7.41. The van der Waals surface area contributed by atoms with Gasteiger partial charge in [0.15, 0.2) is 0 Å². The third-order valence-corrected chi connectivity index (χ3v) is 6.08. The highest BCUT2D eigenvalue weighted by Crippen LogP contribution is 2.41. The molecule has 3 rings (SSSR count). The molecule has 5 nitrogen and oxygen atoms in total. The van der Waals surface area contributed by atoms with Crippen molar-refractivity contribution >= 4 is 28.2 Å². The van der Waals surface area contributed by atoms with Crippen LogP contribution in [0.15, 0.2) is 36.4 Å². The van der Waals surface area contributed by atoms with Gasteiger partial charge in [-0.25, -0.2) is 4.79 Å². The van der Waals surface area contributed by atoms with Crippen LogP contribution in [0.4, 0.5) is 5.00 Å². The van der Waals surface area contributed by atoms with Crippen LogP contribution >= 0.6 is 11.3 Å². The lowest BCUT2D eigenvalue weighted by atomic mass is 9.99. The zero-order valence-electron chi connectivity index (χ0n) is 18.7. The number of carbonyl (C=O) groups is 2. The third-order valence-electron chi connectivity index (χ3n) is 5.06. The van der Waals surface area contributed by atoms with Crippen molar-refractivity contribution in [2.45, 2.75) is 34.6 Å². The SMILES string of the molecule is CCOc1ccc(-c2c(C)sc(NC(=O)c3c(C)cc(C)cc3C)c2C(=O)OC)cc1. The molecule has 0 unspecified atom stereocenters. The van der Waals surface area contributed by atoms with Gasteiger partial charge in [0.05, 0.1) is 13.7 Å². The zero-order valence-corrected chi connectivity index (χ0v) is 19.5. The number of methoxy groups -OCH3 is 1. The van der Waals surface area contributed by atoms with E-state index >= 15 is 0 Å². The molecule has 0 atom stereocenters. The van der Waals surface area contributed by atoms with E-state index in [0.717, 1.165) is 38.4 Å². The van der Waals surface area contributed by atoms with Gasteiger partial charge in [-0.15, -0.1) is 11.3 Å². The number of thiophene rings is 1. The summed E-state index contributed by atoms with van der Waals surface area (Å²) < 4.78 is 10.6. The van der Waals surface area contributed by atoms with E-state index < -0.39 is 5.97 Å². The molecule has 31 heavy (non-hydrogen) atoms. The normalized spacial score (nSPS) is 10.6. The number of esters is 1. The number of hydrogen-bond donors (Lipinski definition) is 1. The molecule has 0 aliphatic carbocycles. The van der Waals surface area contributed by atoms with E-state index in [1.54, 1.807) is 0 Å². The summed E-state index contributed by atoms with van der Waals surface area (Å²) in [6.45, 7) is 10.3. The van der Waals surface area contributed by atoms with Gasteiger partial charge in [-0.3, -0.25) is 4.79 Å². The number of anilines is 1. The average molecular weight is 438 g/mol. The van der Waals surface area contributed by atoms with Gasteiger partial charge in [-0.2, -0.15) is 0 Å². The van der Waals surface area contributed by atoms with Crippen LogP contribution in [-0.2, 0) is 4.74 Å². The van der Waals surface area contributed by atoms with Crippen LogP contribution in [0.3, 0.4) is 0 Å². The molecule has 0 saturated heterocycles. The summed E-state index contributed by atoms with van der Waals surface area (Å²) in [7, 11) is 1.34. The van der Waals surface area contributed by atoms with E-state index in [9.17, 15) is 9.59 Å². The number of carbonyl (C=O) groups excluding carboxylic acids is 2. The monoisotopic (exact) mass is 437 g/mol. The maximum absolute atomic E-state index is 13.1. The van der Waals surface area contributed by atoms with Crippen LogP contribution in [-0.4, -0.2) is 25.6 Å². The van der Waals surface area contributed by atoms with E-state index in [4.69, 9.17) is 9.47 Å². The van der Waals surface area contributed by atoms with Crippen molar-refractivity contribution in [2.24, 2.45) is 0 Å². The molecule has 3 aromatic rings. The lowest BCUT2D eigenvalue weighted by molar-refractivity contribution is 0.0603. The van der Waals surface area contributed by atoms with E-state index in [1.165, 1.54) is 18.4 Å². The van der Waals surface area contributed by atoms with Crippen LogP contribution < -0.4 is 10.1 Å². The standard InChI is InChI=1S/C25H27NO4S/c1-7-30-19-10-8-18(9-11-19)21-17(5)31-24(22(21)25(28)29-6)26-23(27)20-15(3)12-14(2)13-16(20)4/h8-13H,7H2,1-6H3,(H,26,27). The van der Waals surface area contributed by atoms with Crippen molar-refractivity contribution in [3.05, 3.63) is 69.1 Å². The largest absolute Gasteiger partial charge is 0.494 e. The quantitative estimate of drug-likeness (QED) is 0.474.